The summed E-state index contributed by atoms with van der Waals surface area (Å²) in [5, 5.41) is 3.04. The van der Waals surface area contributed by atoms with Crippen LogP contribution >= 0.6 is 11.3 Å². The van der Waals surface area contributed by atoms with Crippen molar-refractivity contribution in [1.29, 1.82) is 0 Å². The van der Waals surface area contributed by atoms with E-state index in [4.69, 9.17) is 4.74 Å². The molecule has 1 aromatic heterocycles. The predicted molar refractivity (Wildman–Crippen MR) is 66.8 cm³/mol. The molecule has 1 aromatic rings. The zero-order chi connectivity index (χ0) is 12.1. The molecule has 0 radical (unpaired) electrons. The molecule has 0 N–H and O–H groups in total. The first-order chi connectivity index (χ1) is 8.31. The van der Waals surface area contributed by atoms with Crippen LogP contribution in [0.2, 0.25) is 0 Å². The molecule has 0 bridgehead atoms. The van der Waals surface area contributed by atoms with Crippen molar-refractivity contribution in [3.05, 3.63) is 16.6 Å². The molecule has 2 rings (SSSR count). The highest BCUT2D eigenvalue weighted by molar-refractivity contribution is 7.09. The second-order valence-corrected chi connectivity index (χ2v) is 5.14. The number of carbonyl (C=O) groups is 1. The van der Waals surface area contributed by atoms with Gasteiger partial charge in [-0.3, -0.25) is 9.69 Å². The standard InChI is InChI=1S/C12H18N2O2S/c1-2-16-12(15)10-5-3-4-7-14(10)9-11-13-6-8-17-11/h6,8,10H,2-5,7,9H2,1H3. The van der Waals surface area contributed by atoms with Crippen LogP contribution in [0.15, 0.2) is 11.6 Å². The maximum absolute atomic E-state index is 11.9. The van der Waals surface area contributed by atoms with Crippen molar-refractivity contribution in [2.45, 2.75) is 38.8 Å². The van der Waals surface area contributed by atoms with Crippen LogP contribution in [0.4, 0.5) is 0 Å². The number of esters is 1. The second kappa shape index (κ2) is 6.12. The van der Waals surface area contributed by atoms with Crippen molar-refractivity contribution in [2.24, 2.45) is 0 Å². The summed E-state index contributed by atoms with van der Waals surface area (Å²) in [5.41, 5.74) is 0. The molecule has 1 aliphatic heterocycles. The number of aromatic nitrogens is 1. The summed E-state index contributed by atoms with van der Waals surface area (Å²) in [6.45, 7) is 4.04. The summed E-state index contributed by atoms with van der Waals surface area (Å²) in [6.07, 6.45) is 4.98. The van der Waals surface area contributed by atoms with Gasteiger partial charge in [-0.15, -0.1) is 11.3 Å². The average molecular weight is 254 g/mol. The van der Waals surface area contributed by atoms with Crippen LogP contribution in [0, 0.1) is 0 Å². The molecule has 0 saturated carbocycles. The van der Waals surface area contributed by atoms with Gasteiger partial charge in [0.25, 0.3) is 0 Å². The highest BCUT2D eigenvalue weighted by atomic mass is 32.1. The Morgan fingerprint density at radius 1 is 1.65 bits per heavy atom. The fraction of sp³-hybridized carbons (Fsp3) is 0.667. The second-order valence-electron chi connectivity index (χ2n) is 4.16. The fourth-order valence-corrected chi connectivity index (χ4v) is 2.83. The Balaban J connectivity index is 1.99. The number of piperidine rings is 1. The van der Waals surface area contributed by atoms with E-state index in [-0.39, 0.29) is 12.0 Å². The predicted octanol–water partition coefficient (Wildman–Crippen LogP) is 2.06. The monoisotopic (exact) mass is 254 g/mol. The van der Waals surface area contributed by atoms with E-state index in [1.807, 2.05) is 18.5 Å². The first-order valence-corrected chi connectivity index (χ1v) is 6.98. The third kappa shape index (κ3) is 3.26. The Bertz CT molecular complexity index is 353. The van der Waals surface area contributed by atoms with Crippen LogP contribution in [0.1, 0.15) is 31.2 Å². The highest BCUT2D eigenvalue weighted by Crippen LogP contribution is 2.21. The Morgan fingerprint density at radius 3 is 3.24 bits per heavy atom. The molecule has 1 aliphatic rings. The van der Waals surface area contributed by atoms with Crippen molar-refractivity contribution in [3.63, 3.8) is 0 Å². The maximum Gasteiger partial charge on any atom is 0.323 e. The summed E-state index contributed by atoms with van der Waals surface area (Å²) < 4.78 is 5.13. The number of thiazole rings is 1. The summed E-state index contributed by atoms with van der Waals surface area (Å²) >= 11 is 1.64. The number of likely N-dealkylation sites (tertiary alicyclic amines) is 1. The van der Waals surface area contributed by atoms with Crippen molar-refractivity contribution in [1.82, 2.24) is 9.88 Å². The van der Waals surface area contributed by atoms with Crippen molar-refractivity contribution < 1.29 is 9.53 Å². The Kier molecular flexibility index (Phi) is 4.50. The summed E-state index contributed by atoms with van der Waals surface area (Å²) in [4.78, 5) is 18.3. The minimum absolute atomic E-state index is 0.0763. The van der Waals surface area contributed by atoms with Gasteiger partial charge in [0.1, 0.15) is 11.0 Å². The Labute approximate surface area is 106 Å². The molecule has 2 heterocycles. The number of nitrogens with zero attached hydrogens (tertiary/aromatic N) is 2. The molecule has 0 aromatic carbocycles. The molecule has 1 fully saturated rings. The topological polar surface area (TPSA) is 42.4 Å². The molecule has 1 unspecified atom stereocenters. The Morgan fingerprint density at radius 2 is 2.53 bits per heavy atom. The lowest BCUT2D eigenvalue weighted by Crippen LogP contribution is -2.44. The zero-order valence-corrected chi connectivity index (χ0v) is 10.9. The quantitative estimate of drug-likeness (QED) is 0.771. The third-order valence-electron chi connectivity index (χ3n) is 2.99. The lowest BCUT2D eigenvalue weighted by atomic mass is 10.0. The largest absolute Gasteiger partial charge is 0.465 e. The van der Waals surface area contributed by atoms with Crippen LogP contribution in [0.5, 0.6) is 0 Å². The van der Waals surface area contributed by atoms with Gasteiger partial charge in [0.15, 0.2) is 0 Å². The van der Waals surface area contributed by atoms with Crippen LogP contribution in [-0.2, 0) is 16.1 Å². The fourth-order valence-electron chi connectivity index (χ4n) is 2.19. The number of ether oxygens (including phenoxy) is 1. The van der Waals surface area contributed by atoms with Crippen molar-refractivity contribution in [2.75, 3.05) is 13.2 Å². The molecule has 4 nitrogen and oxygen atoms in total. The van der Waals surface area contributed by atoms with Gasteiger partial charge in [0, 0.05) is 11.6 Å². The van der Waals surface area contributed by atoms with E-state index < -0.39 is 0 Å². The van der Waals surface area contributed by atoms with E-state index in [9.17, 15) is 4.79 Å². The molecule has 17 heavy (non-hydrogen) atoms. The van der Waals surface area contributed by atoms with Gasteiger partial charge in [-0.05, 0) is 26.3 Å². The number of hydrogen-bond acceptors (Lipinski definition) is 5. The minimum Gasteiger partial charge on any atom is -0.465 e. The smallest absolute Gasteiger partial charge is 0.323 e. The van der Waals surface area contributed by atoms with Gasteiger partial charge in [-0.25, -0.2) is 4.98 Å². The first-order valence-electron chi connectivity index (χ1n) is 6.10. The van der Waals surface area contributed by atoms with Crippen LogP contribution in [-0.4, -0.2) is 35.0 Å². The van der Waals surface area contributed by atoms with Gasteiger partial charge in [-0.2, -0.15) is 0 Å². The molecule has 1 saturated heterocycles. The normalized spacial score (nSPS) is 21.4. The number of rotatable bonds is 4. The van der Waals surface area contributed by atoms with E-state index >= 15 is 0 Å². The summed E-state index contributed by atoms with van der Waals surface area (Å²) in [7, 11) is 0. The lowest BCUT2D eigenvalue weighted by Gasteiger charge is -2.33. The Hall–Kier alpha value is -0.940. The average Bonchev–Trinajstić information content (AvgIpc) is 2.83. The van der Waals surface area contributed by atoms with E-state index in [1.54, 1.807) is 11.3 Å². The van der Waals surface area contributed by atoms with Gasteiger partial charge in [0.05, 0.1) is 13.2 Å². The molecule has 1 atom stereocenters. The molecule has 94 valence electrons. The zero-order valence-electron chi connectivity index (χ0n) is 10.1. The number of carbonyl (C=O) groups excluding carboxylic acids is 1. The third-order valence-corrected chi connectivity index (χ3v) is 3.76. The molecular formula is C12H18N2O2S. The maximum atomic E-state index is 11.9. The van der Waals surface area contributed by atoms with E-state index in [2.05, 4.69) is 9.88 Å². The van der Waals surface area contributed by atoms with E-state index in [0.29, 0.717) is 6.61 Å². The van der Waals surface area contributed by atoms with Gasteiger partial charge >= 0.3 is 5.97 Å². The summed E-state index contributed by atoms with van der Waals surface area (Å²) in [5.74, 6) is -0.0799. The molecular weight excluding hydrogens is 236 g/mol. The van der Waals surface area contributed by atoms with Gasteiger partial charge in [-0.1, -0.05) is 6.42 Å². The van der Waals surface area contributed by atoms with E-state index in [0.717, 1.165) is 37.4 Å². The highest BCUT2D eigenvalue weighted by Gasteiger charge is 2.30. The molecule has 5 heteroatoms. The van der Waals surface area contributed by atoms with E-state index in [1.165, 1.54) is 0 Å². The first kappa shape index (κ1) is 12.5. The minimum atomic E-state index is -0.0799. The lowest BCUT2D eigenvalue weighted by molar-refractivity contribution is -0.151. The van der Waals surface area contributed by atoms with Gasteiger partial charge < -0.3 is 4.74 Å². The summed E-state index contributed by atoms with van der Waals surface area (Å²) in [6, 6.07) is -0.0763. The molecule has 0 spiro atoms. The number of hydrogen-bond donors (Lipinski definition) is 0. The van der Waals surface area contributed by atoms with Crippen LogP contribution in [0.3, 0.4) is 0 Å². The molecule has 0 amide bonds. The van der Waals surface area contributed by atoms with Crippen LogP contribution in [0.25, 0.3) is 0 Å². The molecule has 0 aliphatic carbocycles. The van der Waals surface area contributed by atoms with Crippen LogP contribution < -0.4 is 0 Å². The van der Waals surface area contributed by atoms with Gasteiger partial charge in [0.2, 0.25) is 0 Å². The SMILES string of the molecule is CCOC(=O)C1CCCCN1Cc1nccs1. The van der Waals surface area contributed by atoms with Crippen molar-refractivity contribution >= 4 is 17.3 Å². The van der Waals surface area contributed by atoms with Crippen molar-refractivity contribution in [3.8, 4) is 0 Å².